The minimum absolute atomic E-state index is 0.00392. The molecule has 8 nitrogen and oxygen atoms in total. The van der Waals surface area contributed by atoms with E-state index in [0.29, 0.717) is 10.8 Å². The van der Waals surface area contributed by atoms with Crippen LogP contribution in [0.3, 0.4) is 0 Å². The Morgan fingerprint density at radius 1 is 0.634 bits per heavy atom. The first-order valence-corrected chi connectivity index (χ1v) is 15.8. The molecular weight excluding hydrogens is 553 g/mol. The van der Waals surface area contributed by atoms with Crippen molar-refractivity contribution >= 4 is 45.3 Å². The van der Waals surface area contributed by atoms with Crippen LogP contribution in [0.15, 0.2) is 98.8 Å². The number of piperazine rings is 1. The Labute approximate surface area is 247 Å². The Balaban J connectivity index is 1.02. The molecule has 3 aromatic carbocycles. The molecule has 0 amide bonds. The van der Waals surface area contributed by atoms with Gasteiger partial charge in [-0.1, -0.05) is 66.0 Å². The molecule has 1 fully saturated rings. The molecular formula is C31H32N6O2S2. The lowest BCUT2D eigenvalue weighted by atomic mass is 10.2. The van der Waals surface area contributed by atoms with Crippen LogP contribution < -0.4 is 11.1 Å². The number of hydrogen-bond acceptors (Lipinski definition) is 8. The van der Waals surface area contributed by atoms with Crippen molar-refractivity contribution in [2.24, 2.45) is 7.05 Å². The van der Waals surface area contributed by atoms with E-state index in [1.165, 1.54) is 0 Å². The van der Waals surface area contributed by atoms with E-state index < -0.39 is 0 Å². The van der Waals surface area contributed by atoms with Crippen molar-refractivity contribution in [3.8, 4) is 5.69 Å². The highest BCUT2D eigenvalue weighted by molar-refractivity contribution is 7.99. The van der Waals surface area contributed by atoms with Gasteiger partial charge in [-0.2, -0.15) is 0 Å². The van der Waals surface area contributed by atoms with Crippen molar-refractivity contribution in [1.82, 2.24) is 28.9 Å². The van der Waals surface area contributed by atoms with Gasteiger partial charge in [0.15, 0.2) is 10.3 Å². The summed E-state index contributed by atoms with van der Waals surface area (Å²) in [6, 6.07) is 24.8. The van der Waals surface area contributed by atoms with Crippen molar-refractivity contribution in [3.05, 3.63) is 99.6 Å². The summed E-state index contributed by atoms with van der Waals surface area (Å²) in [7, 11) is 1.80. The number of thioether (sulfide) groups is 2. The van der Waals surface area contributed by atoms with Gasteiger partial charge in [-0.05, 0) is 36.4 Å². The van der Waals surface area contributed by atoms with Gasteiger partial charge in [-0.3, -0.25) is 28.5 Å². The molecule has 0 atom stereocenters. The number of fused-ring (bicyclic) bond motifs is 2. The van der Waals surface area contributed by atoms with E-state index in [2.05, 4.69) is 9.80 Å². The monoisotopic (exact) mass is 584 g/mol. The summed E-state index contributed by atoms with van der Waals surface area (Å²) in [4.78, 5) is 40.6. The quantitative estimate of drug-likeness (QED) is 0.189. The van der Waals surface area contributed by atoms with Gasteiger partial charge in [0.25, 0.3) is 11.1 Å². The van der Waals surface area contributed by atoms with Crippen LogP contribution in [-0.2, 0) is 7.05 Å². The summed E-state index contributed by atoms with van der Waals surface area (Å²) in [6.45, 7) is 5.94. The molecule has 3 heterocycles. The fraction of sp³-hybridized carbons (Fsp3) is 0.290. The first-order chi connectivity index (χ1) is 20.1. The van der Waals surface area contributed by atoms with Gasteiger partial charge < -0.3 is 0 Å². The third-order valence-electron chi connectivity index (χ3n) is 7.44. The van der Waals surface area contributed by atoms with Gasteiger partial charge >= 0.3 is 0 Å². The molecule has 41 heavy (non-hydrogen) atoms. The summed E-state index contributed by atoms with van der Waals surface area (Å²) in [6.07, 6.45) is 0. The second kappa shape index (κ2) is 12.6. The van der Waals surface area contributed by atoms with Gasteiger partial charge in [0.1, 0.15) is 0 Å². The lowest BCUT2D eigenvalue weighted by molar-refractivity contribution is 0.144. The Morgan fingerprint density at radius 2 is 1.12 bits per heavy atom. The molecule has 0 N–H and O–H groups in total. The molecule has 6 rings (SSSR count). The van der Waals surface area contributed by atoms with Crippen LogP contribution in [0, 0.1) is 0 Å². The summed E-state index contributed by atoms with van der Waals surface area (Å²) < 4.78 is 3.40. The average molecular weight is 585 g/mol. The van der Waals surface area contributed by atoms with Crippen molar-refractivity contribution in [3.63, 3.8) is 0 Å². The minimum atomic E-state index is -0.0326. The molecule has 1 aliphatic heterocycles. The number of nitrogens with zero attached hydrogens (tertiary/aromatic N) is 6. The molecule has 210 valence electrons. The predicted octanol–water partition coefficient (Wildman–Crippen LogP) is 4.13. The van der Waals surface area contributed by atoms with Gasteiger partial charge in [0.05, 0.1) is 27.5 Å². The van der Waals surface area contributed by atoms with Crippen molar-refractivity contribution in [2.45, 2.75) is 10.3 Å². The number of hydrogen-bond donors (Lipinski definition) is 0. The van der Waals surface area contributed by atoms with Crippen LogP contribution in [0.4, 0.5) is 0 Å². The third kappa shape index (κ3) is 6.11. The normalized spacial score (nSPS) is 14.7. The van der Waals surface area contributed by atoms with E-state index in [9.17, 15) is 9.59 Å². The van der Waals surface area contributed by atoms with Crippen LogP contribution in [-0.4, -0.2) is 79.7 Å². The van der Waals surface area contributed by atoms with Crippen LogP contribution in [0.1, 0.15) is 0 Å². The van der Waals surface area contributed by atoms with Crippen molar-refractivity contribution < 1.29 is 0 Å². The largest absolute Gasteiger partial charge is 0.300 e. The van der Waals surface area contributed by atoms with Crippen LogP contribution in [0.5, 0.6) is 0 Å². The molecule has 2 aromatic heterocycles. The predicted molar refractivity (Wildman–Crippen MR) is 169 cm³/mol. The Bertz CT molecular complexity index is 1780. The lowest BCUT2D eigenvalue weighted by Gasteiger charge is -2.34. The first-order valence-electron chi connectivity index (χ1n) is 13.8. The lowest BCUT2D eigenvalue weighted by Crippen LogP contribution is -2.47. The molecule has 10 heteroatoms. The summed E-state index contributed by atoms with van der Waals surface area (Å²) in [5, 5.41) is 2.79. The zero-order valence-electron chi connectivity index (χ0n) is 23.0. The van der Waals surface area contributed by atoms with E-state index in [-0.39, 0.29) is 11.1 Å². The van der Waals surface area contributed by atoms with E-state index in [0.717, 1.165) is 77.8 Å². The third-order valence-corrected chi connectivity index (χ3v) is 9.37. The molecule has 0 radical (unpaired) electrons. The Morgan fingerprint density at radius 3 is 1.73 bits per heavy atom. The second-order valence-electron chi connectivity index (χ2n) is 10.0. The zero-order chi connectivity index (χ0) is 28.2. The number of rotatable bonds is 9. The number of benzene rings is 3. The average Bonchev–Trinajstić information content (AvgIpc) is 3.01. The molecule has 0 unspecified atom stereocenters. The van der Waals surface area contributed by atoms with Gasteiger partial charge in [0.2, 0.25) is 0 Å². The van der Waals surface area contributed by atoms with Gasteiger partial charge in [-0.25, -0.2) is 9.97 Å². The maximum atomic E-state index is 13.4. The van der Waals surface area contributed by atoms with E-state index >= 15 is 0 Å². The molecule has 0 bridgehead atoms. The second-order valence-corrected chi connectivity index (χ2v) is 12.2. The molecule has 5 aromatic rings. The standard InChI is InChI=1S/C31H32N6O2S2/c1-34-28(38)24-11-5-7-13-26(24)32-30(34)40-21-19-35-15-17-36(18-16-35)20-22-41-31-33-27-14-8-6-12-25(27)29(39)37(31)23-9-3-2-4-10-23/h2-14H,15-22H2,1H3. The summed E-state index contributed by atoms with van der Waals surface area (Å²) >= 11 is 3.28. The molecule has 1 aliphatic rings. The van der Waals surface area contributed by atoms with Crippen molar-refractivity contribution in [1.29, 1.82) is 0 Å². The fourth-order valence-electron chi connectivity index (χ4n) is 5.11. The summed E-state index contributed by atoms with van der Waals surface area (Å²) in [5.41, 5.74) is 2.30. The molecule has 0 saturated carbocycles. The van der Waals surface area contributed by atoms with E-state index in [4.69, 9.17) is 9.97 Å². The van der Waals surface area contributed by atoms with Gasteiger partial charge in [-0.15, -0.1) is 0 Å². The molecule has 0 aliphatic carbocycles. The minimum Gasteiger partial charge on any atom is -0.300 e. The van der Waals surface area contributed by atoms with Crippen LogP contribution in [0.2, 0.25) is 0 Å². The van der Waals surface area contributed by atoms with Crippen LogP contribution in [0.25, 0.3) is 27.5 Å². The maximum absolute atomic E-state index is 13.4. The summed E-state index contributed by atoms with van der Waals surface area (Å²) in [5.74, 6) is 1.74. The SMILES string of the molecule is Cn1c(SCCN2CCN(CCSc3nc4ccccc4c(=O)n3-c3ccccc3)CC2)nc2ccccc2c1=O. The van der Waals surface area contributed by atoms with E-state index in [1.54, 1.807) is 39.7 Å². The van der Waals surface area contributed by atoms with Gasteiger partial charge in [0, 0.05) is 57.8 Å². The van der Waals surface area contributed by atoms with Crippen molar-refractivity contribution in [2.75, 3.05) is 50.8 Å². The molecule has 0 spiro atoms. The highest BCUT2D eigenvalue weighted by Crippen LogP contribution is 2.22. The molecule has 1 saturated heterocycles. The Kier molecular flexibility index (Phi) is 8.52. The maximum Gasteiger partial charge on any atom is 0.266 e. The van der Waals surface area contributed by atoms with E-state index in [1.807, 2.05) is 78.9 Å². The smallest absolute Gasteiger partial charge is 0.266 e. The highest BCUT2D eigenvalue weighted by atomic mass is 32.2. The number of aromatic nitrogens is 4. The topological polar surface area (TPSA) is 76.3 Å². The van der Waals surface area contributed by atoms with Crippen LogP contribution >= 0.6 is 23.5 Å². The zero-order valence-corrected chi connectivity index (χ0v) is 24.6. The number of para-hydroxylation sites is 3. The highest BCUT2D eigenvalue weighted by Gasteiger charge is 2.18. The Hall–Kier alpha value is -3.44. The fourth-order valence-corrected chi connectivity index (χ4v) is 7.09. The first kappa shape index (κ1) is 27.7.